The van der Waals surface area contributed by atoms with E-state index in [2.05, 4.69) is 15.3 Å². The SMILES string of the molecule is COc1ccc(-c2cc(C(=O)OCC(=O)Nc3nc4ccc(OC)cc4s3)c3ccccc3n2)cc1. The van der Waals surface area contributed by atoms with Gasteiger partial charge in [-0.05, 0) is 54.6 Å². The summed E-state index contributed by atoms with van der Waals surface area (Å²) >= 11 is 1.31. The van der Waals surface area contributed by atoms with E-state index in [9.17, 15) is 9.59 Å². The number of carbonyl (C=O) groups is 2. The monoisotopic (exact) mass is 499 g/mol. The van der Waals surface area contributed by atoms with E-state index >= 15 is 0 Å². The molecule has 5 aromatic rings. The van der Waals surface area contributed by atoms with Crippen LogP contribution in [0.2, 0.25) is 0 Å². The quantitative estimate of drug-likeness (QED) is 0.302. The number of esters is 1. The van der Waals surface area contributed by atoms with Crippen LogP contribution in [0.3, 0.4) is 0 Å². The van der Waals surface area contributed by atoms with Gasteiger partial charge in [0.25, 0.3) is 5.91 Å². The third-order valence-electron chi connectivity index (χ3n) is 5.50. The van der Waals surface area contributed by atoms with Crippen molar-refractivity contribution in [2.45, 2.75) is 0 Å². The molecule has 8 nitrogen and oxygen atoms in total. The van der Waals surface area contributed by atoms with Crippen molar-refractivity contribution in [3.05, 3.63) is 78.4 Å². The number of anilines is 1. The Morgan fingerprint density at radius 1 is 0.861 bits per heavy atom. The van der Waals surface area contributed by atoms with Gasteiger partial charge < -0.3 is 14.2 Å². The van der Waals surface area contributed by atoms with E-state index in [-0.39, 0.29) is 0 Å². The number of methoxy groups -OCH3 is 2. The molecule has 0 radical (unpaired) electrons. The van der Waals surface area contributed by atoms with Gasteiger partial charge in [-0.15, -0.1) is 0 Å². The lowest BCUT2D eigenvalue weighted by Gasteiger charge is -2.10. The third kappa shape index (κ3) is 4.82. The van der Waals surface area contributed by atoms with Gasteiger partial charge in [0.1, 0.15) is 11.5 Å². The summed E-state index contributed by atoms with van der Waals surface area (Å²) in [6, 6.07) is 21.8. The van der Waals surface area contributed by atoms with Crippen LogP contribution in [0.4, 0.5) is 5.13 Å². The molecule has 36 heavy (non-hydrogen) atoms. The Labute approximate surface area is 210 Å². The minimum atomic E-state index is -0.618. The molecule has 2 aromatic heterocycles. The molecule has 0 aliphatic carbocycles. The van der Waals surface area contributed by atoms with E-state index in [4.69, 9.17) is 14.2 Å². The number of ether oxygens (including phenoxy) is 3. The zero-order valence-corrected chi connectivity index (χ0v) is 20.3. The maximum absolute atomic E-state index is 13.0. The summed E-state index contributed by atoms with van der Waals surface area (Å²) in [5.41, 5.74) is 3.14. The molecular weight excluding hydrogens is 478 g/mol. The molecular formula is C27H21N3O5S. The van der Waals surface area contributed by atoms with E-state index < -0.39 is 18.5 Å². The standard InChI is InChI=1S/C27H21N3O5S/c1-33-17-9-7-16(8-10-17)23-14-20(19-5-3-4-6-21(19)28-23)26(32)35-15-25(31)30-27-29-22-12-11-18(34-2)13-24(22)36-27/h3-14H,15H2,1-2H3,(H,29,30,31). The first-order valence-electron chi connectivity index (χ1n) is 11.0. The van der Waals surface area contributed by atoms with Gasteiger partial charge in [0.15, 0.2) is 11.7 Å². The van der Waals surface area contributed by atoms with Crippen LogP contribution in [-0.4, -0.2) is 42.7 Å². The van der Waals surface area contributed by atoms with Crippen molar-refractivity contribution in [3.8, 4) is 22.8 Å². The van der Waals surface area contributed by atoms with Gasteiger partial charge in [-0.25, -0.2) is 14.8 Å². The smallest absolute Gasteiger partial charge is 0.339 e. The second-order valence-electron chi connectivity index (χ2n) is 7.78. The molecule has 3 aromatic carbocycles. The largest absolute Gasteiger partial charge is 0.497 e. The number of nitrogens with zero attached hydrogens (tertiary/aromatic N) is 2. The molecule has 0 fully saturated rings. The van der Waals surface area contributed by atoms with Crippen molar-refractivity contribution >= 4 is 49.5 Å². The Bertz CT molecular complexity index is 1580. The minimum absolute atomic E-state index is 0.325. The van der Waals surface area contributed by atoms with Crippen molar-refractivity contribution < 1.29 is 23.8 Å². The molecule has 9 heteroatoms. The Balaban J connectivity index is 1.33. The summed E-state index contributed by atoms with van der Waals surface area (Å²) in [4.78, 5) is 34.6. The lowest BCUT2D eigenvalue weighted by molar-refractivity contribution is -0.119. The Morgan fingerprint density at radius 3 is 2.39 bits per heavy atom. The summed E-state index contributed by atoms with van der Waals surface area (Å²) in [6.07, 6.45) is 0. The van der Waals surface area contributed by atoms with E-state index in [0.29, 0.717) is 33.0 Å². The van der Waals surface area contributed by atoms with Crippen LogP contribution < -0.4 is 14.8 Å². The number of rotatable bonds is 7. The van der Waals surface area contributed by atoms with E-state index in [0.717, 1.165) is 21.5 Å². The fraction of sp³-hybridized carbons (Fsp3) is 0.111. The fourth-order valence-corrected chi connectivity index (χ4v) is 4.61. The molecule has 0 unspecified atom stereocenters. The second kappa shape index (κ2) is 10.0. The predicted octanol–water partition coefficient (Wildman–Crippen LogP) is 5.32. The molecule has 0 saturated heterocycles. The van der Waals surface area contributed by atoms with Crippen molar-refractivity contribution in [2.24, 2.45) is 0 Å². The van der Waals surface area contributed by atoms with Crippen LogP contribution in [-0.2, 0) is 9.53 Å². The Morgan fingerprint density at radius 2 is 1.61 bits per heavy atom. The maximum Gasteiger partial charge on any atom is 0.339 e. The molecule has 0 aliphatic heterocycles. The first-order valence-corrected chi connectivity index (χ1v) is 11.8. The predicted molar refractivity (Wildman–Crippen MR) is 139 cm³/mol. The molecule has 0 bridgehead atoms. The zero-order valence-electron chi connectivity index (χ0n) is 19.5. The van der Waals surface area contributed by atoms with E-state index in [1.54, 1.807) is 32.4 Å². The maximum atomic E-state index is 13.0. The summed E-state index contributed by atoms with van der Waals surface area (Å²) < 4.78 is 16.7. The number of pyridine rings is 1. The fourth-order valence-electron chi connectivity index (χ4n) is 3.70. The summed E-state index contributed by atoms with van der Waals surface area (Å²) in [5.74, 6) is 0.324. The molecule has 1 N–H and O–H groups in total. The number of thiazole rings is 1. The minimum Gasteiger partial charge on any atom is -0.497 e. The Hall–Kier alpha value is -4.50. The first kappa shape index (κ1) is 23.3. The number of aromatic nitrogens is 2. The number of fused-ring (bicyclic) bond motifs is 2. The molecule has 0 atom stereocenters. The number of nitrogens with one attached hydrogen (secondary N) is 1. The first-order chi connectivity index (χ1) is 17.5. The van der Waals surface area contributed by atoms with Crippen LogP contribution >= 0.6 is 11.3 Å². The molecule has 5 rings (SSSR count). The summed E-state index contributed by atoms with van der Waals surface area (Å²) in [7, 11) is 3.19. The third-order valence-corrected chi connectivity index (χ3v) is 6.43. The van der Waals surface area contributed by atoms with Crippen LogP contribution in [0.25, 0.3) is 32.4 Å². The molecule has 2 heterocycles. The van der Waals surface area contributed by atoms with Gasteiger partial charge in [-0.2, -0.15) is 0 Å². The highest BCUT2D eigenvalue weighted by atomic mass is 32.1. The topological polar surface area (TPSA) is 99.6 Å². The van der Waals surface area contributed by atoms with Crippen LogP contribution in [0.15, 0.2) is 72.8 Å². The van der Waals surface area contributed by atoms with Crippen molar-refractivity contribution in [2.75, 3.05) is 26.1 Å². The second-order valence-corrected chi connectivity index (χ2v) is 8.81. The van der Waals surface area contributed by atoms with E-state index in [1.165, 1.54) is 11.3 Å². The number of hydrogen-bond acceptors (Lipinski definition) is 8. The molecule has 1 amide bonds. The molecule has 180 valence electrons. The van der Waals surface area contributed by atoms with Gasteiger partial charge in [-0.1, -0.05) is 29.5 Å². The normalized spacial score (nSPS) is 10.8. The zero-order chi connectivity index (χ0) is 25.1. The molecule has 0 spiro atoms. The average Bonchev–Trinajstić information content (AvgIpc) is 3.32. The highest BCUT2D eigenvalue weighted by Crippen LogP contribution is 2.29. The van der Waals surface area contributed by atoms with Crippen molar-refractivity contribution in [1.29, 1.82) is 0 Å². The number of para-hydroxylation sites is 1. The molecule has 0 aliphatic rings. The lowest BCUT2D eigenvalue weighted by atomic mass is 10.0. The highest BCUT2D eigenvalue weighted by molar-refractivity contribution is 7.22. The van der Waals surface area contributed by atoms with Crippen LogP contribution in [0, 0.1) is 0 Å². The van der Waals surface area contributed by atoms with Gasteiger partial charge >= 0.3 is 5.97 Å². The number of hydrogen-bond donors (Lipinski definition) is 1. The molecule has 0 saturated carbocycles. The van der Waals surface area contributed by atoms with Crippen molar-refractivity contribution in [3.63, 3.8) is 0 Å². The number of carbonyl (C=O) groups excluding carboxylic acids is 2. The van der Waals surface area contributed by atoms with Gasteiger partial charge in [0.2, 0.25) is 0 Å². The number of amides is 1. The average molecular weight is 500 g/mol. The van der Waals surface area contributed by atoms with Gasteiger partial charge in [0.05, 0.1) is 41.2 Å². The van der Waals surface area contributed by atoms with Crippen LogP contribution in [0.5, 0.6) is 11.5 Å². The Kier molecular flexibility index (Phi) is 6.46. The lowest BCUT2D eigenvalue weighted by Crippen LogP contribution is -2.21. The highest BCUT2D eigenvalue weighted by Gasteiger charge is 2.17. The van der Waals surface area contributed by atoms with Gasteiger partial charge in [0, 0.05) is 10.9 Å². The van der Waals surface area contributed by atoms with Crippen molar-refractivity contribution in [1.82, 2.24) is 9.97 Å². The van der Waals surface area contributed by atoms with Crippen LogP contribution in [0.1, 0.15) is 10.4 Å². The number of benzene rings is 3. The summed E-state index contributed by atoms with van der Waals surface area (Å²) in [5, 5.41) is 3.74. The van der Waals surface area contributed by atoms with Gasteiger partial charge in [-0.3, -0.25) is 10.1 Å². The summed E-state index contributed by atoms with van der Waals surface area (Å²) in [6.45, 7) is -0.452. The van der Waals surface area contributed by atoms with E-state index in [1.807, 2.05) is 54.6 Å².